The molecule has 0 aliphatic heterocycles. The number of amides is 2. The van der Waals surface area contributed by atoms with Crippen molar-refractivity contribution in [1.82, 2.24) is 5.32 Å². The molecule has 2 unspecified atom stereocenters. The zero-order valence-electron chi connectivity index (χ0n) is 21.9. The summed E-state index contributed by atoms with van der Waals surface area (Å²) in [6, 6.07) is 10.2. The van der Waals surface area contributed by atoms with E-state index in [1.165, 1.54) is 0 Å². The number of hydrogen-bond donors (Lipinski definition) is 2. The van der Waals surface area contributed by atoms with Crippen LogP contribution in [0.25, 0.3) is 6.08 Å². The Kier molecular flexibility index (Phi) is 7.50. The van der Waals surface area contributed by atoms with Gasteiger partial charge in [-0.05, 0) is 42.7 Å². The summed E-state index contributed by atoms with van der Waals surface area (Å²) in [7, 11) is 1.12. The lowest BCUT2D eigenvalue weighted by Crippen LogP contribution is -2.59. The fourth-order valence-corrected chi connectivity index (χ4v) is 5.85. The predicted octanol–water partition coefficient (Wildman–Crippen LogP) is 6.70. The maximum absolute atomic E-state index is 17.2. The summed E-state index contributed by atoms with van der Waals surface area (Å²) in [6.07, 6.45) is -2.84. The van der Waals surface area contributed by atoms with E-state index in [1.54, 1.807) is 36.4 Å². The summed E-state index contributed by atoms with van der Waals surface area (Å²) in [6.45, 7) is 0. The molecule has 2 amide bonds. The third-order valence-corrected chi connectivity index (χ3v) is 7.74. The molecule has 3 aromatic carbocycles. The molecule has 2 bridgehead atoms. The molecule has 0 heterocycles. The van der Waals surface area contributed by atoms with E-state index in [0.29, 0.717) is 41.8 Å². The standard InChI is InChI=1S/C30H23F7N2O3/c1-42-25-14-24(33)23(32)13-19(25)27(40)39-26-17-8-9-20(18(17)11-15-5-3-2-4-6-15)29(26,34)28(41)38-16-7-10-22(31)21(12-16)30(35,36)37/h2-7,10-14,17,20,26H,8-9H2,1H3,(H,38,41)(H,39,40)/b18-11+/t17?,20?,26-,29-/m1/s1. The van der Waals surface area contributed by atoms with Gasteiger partial charge in [-0.3, -0.25) is 9.59 Å². The molecule has 2 fully saturated rings. The van der Waals surface area contributed by atoms with Gasteiger partial charge >= 0.3 is 6.18 Å². The average molecular weight is 593 g/mol. The molecule has 0 radical (unpaired) electrons. The third kappa shape index (κ3) is 5.10. The minimum Gasteiger partial charge on any atom is -0.496 e. The first-order valence-electron chi connectivity index (χ1n) is 12.8. The van der Waals surface area contributed by atoms with E-state index in [1.807, 2.05) is 0 Å². The van der Waals surface area contributed by atoms with Crippen LogP contribution in [0.1, 0.15) is 34.3 Å². The van der Waals surface area contributed by atoms with E-state index in [-0.39, 0.29) is 12.2 Å². The first kappa shape index (κ1) is 29.2. The van der Waals surface area contributed by atoms with Crippen molar-refractivity contribution >= 4 is 23.6 Å². The average Bonchev–Trinajstić information content (AvgIpc) is 3.44. The lowest BCUT2D eigenvalue weighted by Gasteiger charge is -2.36. The Morgan fingerprint density at radius 2 is 1.64 bits per heavy atom. The summed E-state index contributed by atoms with van der Waals surface area (Å²) in [5, 5.41) is 4.56. The molecule has 4 atom stereocenters. The molecule has 5 rings (SSSR count). The van der Waals surface area contributed by atoms with E-state index < -0.39 is 75.8 Å². The quantitative estimate of drug-likeness (QED) is 0.313. The number of anilines is 1. The number of hydrogen-bond acceptors (Lipinski definition) is 3. The zero-order valence-corrected chi connectivity index (χ0v) is 21.9. The molecular formula is C30H23F7N2O3. The smallest absolute Gasteiger partial charge is 0.419 e. The van der Waals surface area contributed by atoms with E-state index in [2.05, 4.69) is 10.6 Å². The second-order valence-electron chi connectivity index (χ2n) is 10.1. The minimum atomic E-state index is -5.07. The number of carbonyl (C=O) groups is 2. The van der Waals surface area contributed by atoms with Gasteiger partial charge in [0.05, 0.1) is 24.3 Å². The van der Waals surface area contributed by atoms with E-state index in [9.17, 15) is 35.9 Å². The highest BCUT2D eigenvalue weighted by Crippen LogP contribution is 2.57. The molecule has 2 saturated carbocycles. The van der Waals surface area contributed by atoms with Crippen molar-refractivity contribution < 1.29 is 45.1 Å². The van der Waals surface area contributed by atoms with Crippen LogP contribution in [0.2, 0.25) is 0 Å². The van der Waals surface area contributed by atoms with Gasteiger partial charge in [0, 0.05) is 23.6 Å². The van der Waals surface area contributed by atoms with Crippen LogP contribution >= 0.6 is 0 Å². The Bertz CT molecular complexity index is 1580. The van der Waals surface area contributed by atoms with Crippen molar-refractivity contribution in [3.63, 3.8) is 0 Å². The van der Waals surface area contributed by atoms with Crippen LogP contribution in [0.4, 0.5) is 36.4 Å². The van der Waals surface area contributed by atoms with Gasteiger partial charge in [-0.25, -0.2) is 17.6 Å². The highest BCUT2D eigenvalue weighted by Gasteiger charge is 2.66. The first-order valence-corrected chi connectivity index (χ1v) is 12.8. The van der Waals surface area contributed by atoms with Crippen molar-refractivity contribution in [3.05, 3.63) is 100 Å². The van der Waals surface area contributed by atoms with Crippen molar-refractivity contribution in [2.45, 2.75) is 30.7 Å². The minimum absolute atomic E-state index is 0.186. The van der Waals surface area contributed by atoms with Crippen molar-refractivity contribution in [2.24, 2.45) is 11.8 Å². The van der Waals surface area contributed by atoms with Gasteiger partial charge < -0.3 is 15.4 Å². The van der Waals surface area contributed by atoms with Crippen molar-refractivity contribution in [3.8, 4) is 5.75 Å². The Hall–Kier alpha value is -4.35. The van der Waals surface area contributed by atoms with E-state index in [0.717, 1.165) is 13.2 Å². The fraction of sp³-hybridized carbons (Fsp3) is 0.267. The topological polar surface area (TPSA) is 67.4 Å². The number of fused-ring (bicyclic) bond motifs is 2. The molecule has 0 spiro atoms. The molecule has 3 aromatic rings. The first-order chi connectivity index (χ1) is 19.8. The maximum atomic E-state index is 17.2. The predicted molar refractivity (Wildman–Crippen MR) is 139 cm³/mol. The van der Waals surface area contributed by atoms with Crippen molar-refractivity contribution in [2.75, 3.05) is 12.4 Å². The molecular weight excluding hydrogens is 569 g/mol. The Morgan fingerprint density at radius 3 is 2.31 bits per heavy atom. The van der Waals surface area contributed by atoms with Crippen molar-refractivity contribution in [1.29, 1.82) is 0 Å². The second-order valence-corrected chi connectivity index (χ2v) is 10.1. The number of nitrogens with one attached hydrogen (secondary N) is 2. The summed E-state index contributed by atoms with van der Waals surface area (Å²) in [5.41, 5.74) is -4.30. The van der Waals surface area contributed by atoms with E-state index >= 15 is 4.39 Å². The number of carbonyl (C=O) groups excluding carboxylic acids is 2. The van der Waals surface area contributed by atoms with Crippen LogP contribution < -0.4 is 15.4 Å². The molecule has 42 heavy (non-hydrogen) atoms. The number of alkyl halides is 4. The second kappa shape index (κ2) is 10.8. The highest BCUT2D eigenvalue weighted by atomic mass is 19.4. The fourth-order valence-electron chi connectivity index (χ4n) is 5.85. The monoisotopic (exact) mass is 592 g/mol. The number of rotatable bonds is 6. The molecule has 2 N–H and O–H groups in total. The number of ether oxygens (including phenoxy) is 1. The molecule has 0 aromatic heterocycles. The highest BCUT2D eigenvalue weighted by molar-refractivity contribution is 6.02. The molecule has 12 heteroatoms. The summed E-state index contributed by atoms with van der Waals surface area (Å²) in [5.74, 6) is -8.77. The lowest BCUT2D eigenvalue weighted by atomic mass is 9.80. The molecule has 2 aliphatic carbocycles. The Balaban J connectivity index is 1.54. The molecule has 5 nitrogen and oxygen atoms in total. The van der Waals surface area contributed by atoms with Gasteiger partial charge in [0.1, 0.15) is 11.6 Å². The molecule has 0 saturated heterocycles. The van der Waals surface area contributed by atoms with Gasteiger partial charge in [-0.15, -0.1) is 0 Å². The Labute approximate surface area is 235 Å². The van der Waals surface area contributed by atoms with Gasteiger partial charge in [0.15, 0.2) is 11.6 Å². The molecule has 220 valence electrons. The van der Waals surface area contributed by atoms with Crippen LogP contribution in [0.5, 0.6) is 5.75 Å². The van der Waals surface area contributed by atoms with Crippen LogP contribution in [-0.4, -0.2) is 30.6 Å². The third-order valence-electron chi connectivity index (χ3n) is 7.74. The molecule has 2 aliphatic rings. The van der Waals surface area contributed by atoms with Crippen LogP contribution in [-0.2, 0) is 11.0 Å². The van der Waals surface area contributed by atoms with Crippen LogP contribution in [0.15, 0.2) is 66.2 Å². The number of halogens is 7. The Morgan fingerprint density at radius 1 is 0.952 bits per heavy atom. The number of benzene rings is 3. The van der Waals surface area contributed by atoms with Crippen LogP contribution in [0.3, 0.4) is 0 Å². The number of methoxy groups -OCH3 is 1. The maximum Gasteiger partial charge on any atom is 0.419 e. The normalized spacial score (nSPS) is 24.1. The SMILES string of the molecule is COc1cc(F)c(F)cc1C(=O)N[C@@H]1C2CCC(/C2=C/c2ccccc2)[C@]1(F)C(=O)Nc1ccc(F)c(C(F)(F)F)c1. The van der Waals surface area contributed by atoms with Gasteiger partial charge in [0.2, 0.25) is 5.67 Å². The summed E-state index contributed by atoms with van der Waals surface area (Å²) >= 11 is 0. The van der Waals surface area contributed by atoms with Crippen LogP contribution in [0, 0.1) is 29.3 Å². The lowest BCUT2D eigenvalue weighted by molar-refractivity contribution is -0.140. The zero-order chi connectivity index (χ0) is 30.4. The summed E-state index contributed by atoms with van der Waals surface area (Å²) < 4.78 is 104. The van der Waals surface area contributed by atoms with Gasteiger partial charge in [0.25, 0.3) is 11.8 Å². The largest absolute Gasteiger partial charge is 0.496 e. The summed E-state index contributed by atoms with van der Waals surface area (Å²) in [4.78, 5) is 26.8. The van der Waals surface area contributed by atoms with Gasteiger partial charge in [-0.2, -0.15) is 13.2 Å². The van der Waals surface area contributed by atoms with Gasteiger partial charge in [-0.1, -0.05) is 42.0 Å². The van der Waals surface area contributed by atoms with E-state index in [4.69, 9.17) is 4.74 Å².